The number of thioether (sulfide) groups is 1. The van der Waals surface area contributed by atoms with Gasteiger partial charge in [0.1, 0.15) is 23.9 Å². The number of nitrogen functional groups attached to an aromatic ring is 1. The molecule has 0 saturated carbocycles. The number of hydrogen-bond donors (Lipinski definition) is 4. The third-order valence-corrected chi connectivity index (χ3v) is 5.17. The highest BCUT2D eigenvalue weighted by Gasteiger charge is 2.36. The molecular formula is C15H19N5O6S2. The molecule has 2 atom stereocenters. The Bertz CT molecular complexity index is 809. The number of amides is 1. The average Bonchev–Trinajstić information content (AvgIpc) is 3.10. The molecule has 28 heavy (non-hydrogen) atoms. The number of thiazole rings is 1. The van der Waals surface area contributed by atoms with Crippen molar-refractivity contribution in [3.8, 4) is 0 Å². The molecule has 2 heterocycles. The van der Waals surface area contributed by atoms with Gasteiger partial charge in [-0.1, -0.05) is 5.16 Å². The number of carboxylic acid groups (broad SMARTS) is 1. The number of aromatic nitrogens is 1. The van der Waals surface area contributed by atoms with Crippen molar-refractivity contribution in [3.05, 3.63) is 22.8 Å². The summed E-state index contributed by atoms with van der Waals surface area (Å²) >= 11 is 2.35. The van der Waals surface area contributed by atoms with Gasteiger partial charge in [0.15, 0.2) is 16.9 Å². The second kappa shape index (κ2) is 9.94. The highest BCUT2D eigenvalue weighted by atomic mass is 32.2. The number of rotatable bonds is 8. The van der Waals surface area contributed by atoms with E-state index in [-0.39, 0.29) is 28.8 Å². The van der Waals surface area contributed by atoms with Gasteiger partial charge < -0.3 is 31.0 Å². The lowest BCUT2D eigenvalue weighted by atomic mass is 10.2. The first-order chi connectivity index (χ1) is 13.4. The van der Waals surface area contributed by atoms with Gasteiger partial charge >= 0.3 is 11.9 Å². The lowest BCUT2D eigenvalue weighted by molar-refractivity contribution is -0.147. The Hall–Kier alpha value is -2.80. The number of ether oxygens (including phenoxy) is 1. The van der Waals surface area contributed by atoms with Crippen molar-refractivity contribution >= 4 is 51.8 Å². The van der Waals surface area contributed by atoms with E-state index in [1.54, 1.807) is 6.92 Å². The first kappa shape index (κ1) is 21.5. The highest BCUT2D eigenvalue weighted by Crippen LogP contribution is 2.21. The molecule has 2 rings (SSSR count). The van der Waals surface area contributed by atoms with Crippen molar-refractivity contribution in [2.45, 2.75) is 18.3 Å². The summed E-state index contributed by atoms with van der Waals surface area (Å²) in [4.78, 5) is 45.1. The van der Waals surface area contributed by atoms with E-state index in [0.29, 0.717) is 5.75 Å². The summed E-state index contributed by atoms with van der Waals surface area (Å²) in [5.74, 6) is -2.30. The number of carbonyl (C=O) groups is 3. The van der Waals surface area contributed by atoms with Gasteiger partial charge in [-0.05, 0) is 13.0 Å². The molecule has 0 fully saturated rings. The molecular weight excluding hydrogens is 410 g/mol. The molecule has 0 aliphatic carbocycles. The maximum Gasteiger partial charge on any atom is 0.351 e. The van der Waals surface area contributed by atoms with Crippen LogP contribution in [-0.4, -0.2) is 64.5 Å². The molecule has 0 radical (unpaired) electrons. The van der Waals surface area contributed by atoms with Crippen molar-refractivity contribution in [2.75, 3.05) is 25.2 Å². The van der Waals surface area contributed by atoms with Crippen molar-refractivity contribution in [1.29, 1.82) is 0 Å². The lowest BCUT2D eigenvalue weighted by Gasteiger charge is -2.29. The number of aliphatic carboxylic acids is 1. The van der Waals surface area contributed by atoms with E-state index in [1.807, 2.05) is 0 Å². The molecule has 1 aliphatic rings. The van der Waals surface area contributed by atoms with Crippen LogP contribution in [0.15, 0.2) is 22.3 Å². The number of carboxylic acids is 1. The smallest absolute Gasteiger partial charge is 0.351 e. The normalized spacial score (nSPS) is 17.7. The maximum atomic E-state index is 12.7. The van der Waals surface area contributed by atoms with E-state index in [4.69, 9.17) is 15.3 Å². The third-order valence-electron chi connectivity index (χ3n) is 3.38. The number of oxime groups is 1. The van der Waals surface area contributed by atoms with Crippen molar-refractivity contribution in [3.63, 3.8) is 0 Å². The molecule has 1 amide bonds. The van der Waals surface area contributed by atoms with Crippen LogP contribution in [0.3, 0.4) is 0 Å². The van der Waals surface area contributed by atoms with E-state index >= 15 is 0 Å². The minimum Gasteiger partial charge on any atom is -0.477 e. The molecule has 1 aromatic heterocycles. The van der Waals surface area contributed by atoms with Gasteiger partial charge in [-0.25, -0.2) is 14.6 Å². The highest BCUT2D eigenvalue weighted by molar-refractivity contribution is 8.00. The molecule has 2 unspecified atom stereocenters. The van der Waals surface area contributed by atoms with Crippen LogP contribution >= 0.6 is 23.1 Å². The van der Waals surface area contributed by atoms with Crippen LogP contribution in [-0.2, 0) is 24.0 Å². The van der Waals surface area contributed by atoms with Gasteiger partial charge in [0.25, 0.3) is 5.91 Å². The minimum atomic E-state index is -1.18. The summed E-state index contributed by atoms with van der Waals surface area (Å²) in [7, 11) is 1.26. The predicted octanol–water partition coefficient (Wildman–Crippen LogP) is -0.245. The van der Waals surface area contributed by atoms with Gasteiger partial charge in [-0.15, -0.1) is 23.1 Å². The predicted molar refractivity (Wildman–Crippen MR) is 104 cm³/mol. The van der Waals surface area contributed by atoms with Crippen molar-refractivity contribution in [1.82, 2.24) is 15.6 Å². The summed E-state index contributed by atoms with van der Waals surface area (Å²) < 4.78 is 5.02. The quantitative estimate of drug-likeness (QED) is 0.246. The Morgan fingerprint density at radius 3 is 2.86 bits per heavy atom. The topological polar surface area (TPSA) is 165 Å². The van der Waals surface area contributed by atoms with Crippen LogP contribution in [0.2, 0.25) is 0 Å². The molecule has 11 nitrogen and oxygen atoms in total. The van der Waals surface area contributed by atoms with Gasteiger partial charge in [-0.2, -0.15) is 0 Å². The molecule has 1 aromatic rings. The van der Waals surface area contributed by atoms with E-state index < -0.39 is 29.3 Å². The Morgan fingerprint density at radius 1 is 1.54 bits per heavy atom. The fourth-order valence-corrected chi connectivity index (χ4v) is 3.81. The third kappa shape index (κ3) is 5.36. The summed E-state index contributed by atoms with van der Waals surface area (Å²) in [6.07, 6.45) is 1.48. The SMILES string of the molecule is CCOC(=O)C(NC(=O)/C(=N/OC)c1csc(N)n1)C1NC(C(=O)O)=CCS1. The van der Waals surface area contributed by atoms with Gasteiger partial charge in [0.2, 0.25) is 0 Å². The Labute approximate surface area is 168 Å². The van der Waals surface area contributed by atoms with E-state index in [1.165, 1.54) is 30.3 Å². The molecule has 0 spiro atoms. The molecule has 13 heteroatoms. The standard InChI is InChI=1S/C15H19N5O6S2/c1-3-26-14(24)10(12-17-7(13(22)23)4-5-27-12)19-11(21)9(20-25-2)8-6-28-15(16)18-8/h4,6,10,12,17H,3,5H2,1-2H3,(H2,16,18)(H,19,21)(H,22,23)/b20-9+. The fraction of sp³-hybridized carbons (Fsp3) is 0.400. The minimum absolute atomic E-state index is 0.0645. The van der Waals surface area contributed by atoms with Crippen LogP contribution in [0.25, 0.3) is 0 Å². The summed E-state index contributed by atoms with van der Waals surface area (Å²) in [6.45, 7) is 1.71. The number of carbonyl (C=O) groups excluding carboxylic acids is 2. The molecule has 5 N–H and O–H groups in total. The van der Waals surface area contributed by atoms with Crippen LogP contribution in [0.5, 0.6) is 0 Å². The number of hydrogen-bond acceptors (Lipinski definition) is 11. The number of esters is 1. The van der Waals surface area contributed by atoms with E-state index in [0.717, 1.165) is 11.3 Å². The van der Waals surface area contributed by atoms with Crippen molar-refractivity contribution < 1.29 is 29.1 Å². The zero-order valence-corrected chi connectivity index (χ0v) is 16.6. The summed E-state index contributed by atoms with van der Waals surface area (Å²) in [5.41, 5.74) is 5.53. The number of nitrogens with one attached hydrogen (secondary N) is 2. The maximum absolute atomic E-state index is 12.7. The largest absolute Gasteiger partial charge is 0.477 e. The first-order valence-electron chi connectivity index (χ1n) is 7.99. The van der Waals surface area contributed by atoms with Crippen LogP contribution < -0.4 is 16.4 Å². The Morgan fingerprint density at radius 2 is 2.29 bits per heavy atom. The Kier molecular flexibility index (Phi) is 7.63. The zero-order valence-electron chi connectivity index (χ0n) is 15.0. The van der Waals surface area contributed by atoms with Crippen molar-refractivity contribution in [2.24, 2.45) is 5.16 Å². The molecule has 0 saturated heterocycles. The summed E-state index contributed by atoms with van der Waals surface area (Å²) in [5, 5.41) is 19.1. The van der Waals surface area contributed by atoms with Crippen LogP contribution in [0.1, 0.15) is 12.6 Å². The van der Waals surface area contributed by atoms with Gasteiger partial charge in [0, 0.05) is 11.1 Å². The molecule has 152 valence electrons. The lowest BCUT2D eigenvalue weighted by Crippen LogP contribution is -2.56. The van der Waals surface area contributed by atoms with Crippen LogP contribution in [0, 0.1) is 0 Å². The van der Waals surface area contributed by atoms with E-state index in [2.05, 4.69) is 20.8 Å². The number of anilines is 1. The molecule has 1 aliphatic heterocycles. The molecule has 0 aromatic carbocycles. The van der Waals surface area contributed by atoms with Crippen LogP contribution in [0.4, 0.5) is 5.13 Å². The van der Waals surface area contributed by atoms with Gasteiger partial charge in [-0.3, -0.25) is 4.79 Å². The monoisotopic (exact) mass is 429 g/mol. The van der Waals surface area contributed by atoms with E-state index in [9.17, 15) is 19.5 Å². The number of nitrogens with zero attached hydrogens (tertiary/aromatic N) is 2. The second-order valence-electron chi connectivity index (χ2n) is 5.22. The number of nitrogens with two attached hydrogens (primary N) is 1. The molecule has 0 bridgehead atoms. The van der Waals surface area contributed by atoms with Gasteiger partial charge in [0.05, 0.1) is 6.61 Å². The summed E-state index contributed by atoms with van der Waals surface area (Å²) in [6, 6.07) is -1.18. The zero-order chi connectivity index (χ0) is 20.7. The first-order valence-corrected chi connectivity index (χ1v) is 9.91. The fourth-order valence-electron chi connectivity index (χ4n) is 2.21. The second-order valence-corrected chi connectivity index (χ2v) is 7.28. The average molecular weight is 429 g/mol. The Balaban J connectivity index is 2.25.